The van der Waals surface area contributed by atoms with Crippen LogP contribution in [0.4, 0.5) is 23.7 Å². The number of hydrogen-bond donors (Lipinski definition) is 2. The first kappa shape index (κ1) is 22.1. The Hall–Kier alpha value is -2.60. The second kappa shape index (κ2) is 8.26. The number of H-pyrrole nitrogens is 1. The van der Waals surface area contributed by atoms with Crippen molar-refractivity contribution in [2.75, 3.05) is 31.5 Å². The van der Waals surface area contributed by atoms with Crippen molar-refractivity contribution in [1.29, 1.82) is 0 Å². The van der Waals surface area contributed by atoms with Crippen LogP contribution in [0.25, 0.3) is 0 Å². The van der Waals surface area contributed by atoms with Crippen LogP contribution < -0.4 is 5.32 Å². The number of carbonyl (C=O) groups excluding carboxylic acids is 1. The smallest absolute Gasteiger partial charge is 0.323 e. The van der Waals surface area contributed by atoms with Gasteiger partial charge in [-0.2, -0.15) is 22.6 Å². The fourth-order valence-electron chi connectivity index (χ4n) is 3.42. The molecule has 0 bridgehead atoms. The number of halogens is 3. The van der Waals surface area contributed by atoms with Gasteiger partial charge in [0.25, 0.3) is 0 Å². The number of alkyl halides is 3. The van der Waals surface area contributed by atoms with E-state index in [-0.39, 0.29) is 36.8 Å². The van der Waals surface area contributed by atoms with Gasteiger partial charge in [-0.25, -0.2) is 13.2 Å². The molecule has 0 radical (unpaired) electrons. The van der Waals surface area contributed by atoms with Gasteiger partial charge in [-0.15, -0.1) is 0 Å². The average molecular weight is 445 g/mol. The van der Waals surface area contributed by atoms with E-state index >= 15 is 0 Å². The van der Waals surface area contributed by atoms with Crippen LogP contribution in [0, 0.1) is 13.8 Å². The van der Waals surface area contributed by atoms with Crippen LogP contribution in [-0.4, -0.2) is 60.0 Å². The Morgan fingerprint density at radius 3 is 2.47 bits per heavy atom. The second-order valence-electron chi connectivity index (χ2n) is 6.98. The summed E-state index contributed by atoms with van der Waals surface area (Å²) in [5.41, 5.74) is -0.498. The topological polar surface area (TPSA) is 98.4 Å². The van der Waals surface area contributed by atoms with E-state index in [4.69, 9.17) is 0 Å². The van der Waals surface area contributed by atoms with Crippen molar-refractivity contribution in [1.82, 2.24) is 19.4 Å². The minimum absolute atomic E-state index is 0.0285. The molecule has 0 saturated carbocycles. The van der Waals surface area contributed by atoms with E-state index in [9.17, 15) is 26.4 Å². The maximum Gasteiger partial charge on any atom is 0.418 e. The van der Waals surface area contributed by atoms with Crippen LogP contribution in [0.5, 0.6) is 0 Å². The molecule has 2 aromatic rings. The molecule has 1 saturated heterocycles. The molecule has 0 aliphatic carbocycles. The van der Waals surface area contributed by atoms with E-state index in [1.807, 2.05) is 0 Å². The van der Waals surface area contributed by atoms with Crippen molar-refractivity contribution in [3.8, 4) is 0 Å². The van der Waals surface area contributed by atoms with E-state index < -0.39 is 27.8 Å². The van der Waals surface area contributed by atoms with Crippen LogP contribution in [0.2, 0.25) is 0 Å². The predicted molar refractivity (Wildman–Crippen MR) is 103 cm³/mol. The summed E-state index contributed by atoms with van der Waals surface area (Å²) < 4.78 is 66.7. The molecule has 0 spiro atoms. The molecule has 0 atom stereocenters. The third kappa shape index (κ3) is 4.43. The van der Waals surface area contributed by atoms with Crippen molar-refractivity contribution in [3.05, 3.63) is 41.2 Å². The van der Waals surface area contributed by atoms with Crippen molar-refractivity contribution >= 4 is 21.7 Å². The summed E-state index contributed by atoms with van der Waals surface area (Å²) in [5.74, 6) is 0. The van der Waals surface area contributed by atoms with Crippen LogP contribution >= 0.6 is 0 Å². The quantitative estimate of drug-likeness (QED) is 0.759. The molecule has 2 amide bonds. The third-order valence-corrected chi connectivity index (χ3v) is 7.04. The molecule has 3 rings (SSSR count). The fourth-order valence-corrected chi connectivity index (χ4v) is 5.22. The van der Waals surface area contributed by atoms with Crippen LogP contribution in [0.3, 0.4) is 0 Å². The van der Waals surface area contributed by atoms with Gasteiger partial charge in [0.1, 0.15) is 4.90 Å². The Morgan fingerprint density at radius 1 is 1.13 bits per heavy atom. The number of carbonyl (C=O) groups is 1. The lowest BCUT2D eigenvalue weighted by atomic mass is 10.1. The summed E-state index contributed by atoms with van der Waals surface area (Å²) in [6.07, 6.45) is -4.25. The van der Waals surface area contributed by atoms with Crippen LogP contribution in [-0.2, 0) is 16.2 Å². The number of amides is 2. The minimum Gasteiger partial charge on any atom is -0.323 e. The number of aromatic amines is 1. The van der Waals surface area contributed by atoms with Gasteiger partial charge in [-0.3, -0.25) is 5.10 Å². The lowest BCUT2D eigenvalue weighted by Crippen LogP contribution is -2.39. The maximum absolute atomic E-state index is 13.1. The van der Waals surface area contributed by atoms with E-state index in [2.05, 4.69) is 15.5 Å². The normalized spacial score (nSPS) is 16.4. The van der Waals surface area contributed by atoms with E-state index in [1.165, 1.54) is 27.4 Å². The summed E-state index contributed by atoms with van der Waals surface area (Å²) in [6, 6.07) is 4.01. The van der Waals surface area contributed by atoms with Crippen LogP contribution in [0.1, 0.15) is 23.4 Å². The number of para-hydroxylation sites is 1. The number of nitrogens with zero attached hydrogens (tertiary/aromatic N) is 3. The van der Waals surface area contributed by atoms with Gasteiger partial charge in [0.2, 0.25) is 10.0 Å². The predicted octanol–water partition coefficient (Wildman–Crippen LogP) is 2.97. The van der Waals surface area contributed by atoms with Gasteiger partial charge >= 0.3 is 12.2 Å². The first-order chi connectivity index (χ1) is 14.0. The highest BCUT2D eigenvalue weighted by Gasteiger charge is 2.35. The number of aryl methyl sites for hydroxylation is 2. The number of aromatic nitrogens is 2. The first-order valence-corrected chi connectivity index (χ1v) is 10.7. The number of urea groups is 1. The molecule has 8 nitrogen and oxygen atoms in total. The number of rotatable bonds is 3. The molecule has 1 aliphatic rings. The van der Waals surface area contributed by atoms with Crippen molar-refractivity contribution in [2.45, 2.75) is 31.3 Å². The molecule has 1 aromatic carbocycles. The number of nitrogens with one attached hydrogen (secondary N) is 2. The monoisotopic (exact) mass is 445 g/mol. The maximum atomic E-state index is 13.1. The van der Waals surface area contributed by atoms with Gasteiger partial charge in [0.05, 0.1) is 22.6 Å². The standard InChI is InChI=1S/C18H22F3N5O3S/c1-12-16(13(2)24-23-12)30(28,29)26-9-5-8-25(10-11-26)17(27)22-15-7-4-3-6-14(15)18(19,20)21/h3-4,6-7H,5,8-11H2,1-2H3,(H,22,27)(H,23,24). The van der Waals surface area contributed by atoms with Gasteiger partial charge < -0.3 is 10.2 Å². The van der Waals surface area contributed by atoms with Crippen LogP contribution in [0.15, 0.2) is 29.2 Å². The molecular weight excluding hydrogens is 423 g/mol. The Balaban J connectivity index is 1.73. The van der Waals surface area contributed by atoms with Gasteiger partial charge in [0.15, 0.2) is 0 Å². The highest BCUT2D eigenvalue weighted by molar-refractivity contribution is 7.89. The molecule has 0 unspecified atom stereocenters. The lowest BCUT2D eigenvalue weighted by molar-refractivity contribution is -0.136. The van der Waals surface area contributed by atoms with E-state index in [0.29, 0.717) is 17.8 Å². The molecule has 1 fully saturated rings. The lowest BCUT2D eigenvalue weighted by Gasteiger charge is -2.23. The van der Waals surface area contributed by atoms with Gasteiger partial charge in [-0.1, -0.05) is 12.1 Å². The number of benzene rings is 1. The Kier molecular flexibility index (Phi) is 6.09. The summed E-state index contributed by atoms with van der Waals surface area (Å²) in [4.78, 5) is 14.0. The molecule has 1 aromatic heterocycles. The molecule has 2 N–H and O–H groups in total. The fraction of sp³-hybridized carbons (Fsp3) is 0.444. The molecule has 30 heavy (non-hydrogen) atoms. The molecule has 1 aliphatic heterocycles. The molecule has 164 valence electrons. The molecule has 12 heteroatoms. The molecular formula is C18H22F3N5O3S. The second-order valence-corrected chi connectivity index (χ2v) is 8.86. The van der Waals surface area contributed by atoms with E-state index in [1.54, 1.807) is 13.8 Å². The zero-order valence-corrected chi connectivity index (χ0v) is 17.3. The zero-order valence-electron chi connectivity index (χ0n) is 16.5. The SMILES string of the molecule is Cc1n[nH]c(C)c1S(=O)(=O)N1CCCN(C(=O)Nc2ccccc2C(F)(F)F)CC1. The van der Waals surface area contributed by atoms with E-state index in [0.717, 1.165) is 6.07 Å². The number of anilines is 1. The summed E-state index contributed by atoms with van der Waals surface area (Å²) in [5, 5.41) is 8.87. The number of hydrogen-bond acceptors (Lipinski definition) is 4. The largest absolute Gasteiger partial charge is 0.418 e. The Bertz CT molecular complexity index is 1020. The zero-order chi connectivity index (χ0) is 22.1. The highest BCUT2D eigenvalue weighted by Crippen LogP contribution is 2.34. The Labute approximate surface area is 172 Å². The highest BCUT2D eigenvalue weighted by atomic mass is 32.2. The summed E-state index contributed by atoms with van der Waals surface area (Å²) in [6.45, 7) is 3.69. The van der Waals surface area contributed by atoms with Crippen molar-refractivity contribution in [3.63, 3.8) is 0 Å². The molecule has 2 heterocycles. The summed E-state index contributed by atoms with van der Waals surface area (Å²) >= 11 is 0. The average Bonchev–Trinajstić information content (AvgIpc) is 2.86. The van der Waals surface area contributed by atoms with Crippen molar-refractivity contribution in [2.24, 2.45) is 0 Å². The van der Waals surface area contributed by atoms with Gasteiger partial charge in [-0.05, 0) is 32.4 Å². The van der Waals surface area contributed by atoms with Crippen molar-refractivity contribution < 1.29 is 26.4 Å². The summed E-state index contributed by atoms with van der Waals surface area (Å²) in [7, 11) is -3.81. The number of sulfonamides is 1. The Morgan fingerprint density at radius 2 is 1.83 bits per heavy atom. The van der Waals surface area contributed by atoms with Gasteiger partial charge in [0, 0.05) is 26.2 Å². The minimum atomic E-state index is -4.60. The third-order valence-electron chi connectivity index (χ3n) is 4.87. The first-order valence-electron chi connectivity index (χ1n) is 9.25.